The van der Waals surface area contributed by atoms with E-state index in [0.717, 1.165) is 10.0 Å². The van der Waals surface area contributed by atoms with Crippen LogP contribution in [-0.2, 0) is 0 Å². The highest BCUT2D eigenvalue weighted by atomic mass is 79.9. The number of nitrogens with one attached hydrogen (secondary N) is 1. The molecule has 0 aliphatic rings. The molecule has 0 aromatic heterocycles. The number of rotatable bonds is 5. The van der Waals surface area contributed by atoms with Crippen LogP contribution in [0.15, 0.2) is 83.3 Å². The molecule has 3 aromatic rings. The predicted molar refractivity (Wildman–Crippen MR) is 108 cm³/mol. The first-order valence-electron chi connectivity index (χ1n) is 8.16. The van der Waals surface area contributed by atoms with Gasteiger partial charge in [0.15, 0.2) is 5.78 Å². The van der Waals surface area contributed by atoms with E-state index in [1.807, 2.05) is 6.07 Å². The van der Waals surface area contributed by atoms with Crippen molar-refractivity contribution in [1.82, 2.24) is 0 Å². The largest absolute Gasteiger partial charge is 0.322 e. The Balaban J connectivity index is 1.65. The van der Waals surface area contributed by atoms with Crippen LogP contribution in [0.2, 0.25) is 0 Å². The first kappa shape index (κ1) is 18.7. The summed E-state index contributed by atoms with van der Waals surface area (Å²) in [6, 6.07) is 19.6. The van der Waals surface area contributed by atoms with Crippen LogP contribution in [0.1, 0.15) is 26.3 Å². The van der Waals surface area contributed by atoms with Crippen LogP contribution >= 0.6 is 15.9 Å². The van der Waals surface area contributed by atoms with Gasteiger partial charge in [0.2, 0.25) is 0 Å². The summed E-state index contributed by atoms with van der Waals surface area (Å²) in [7, 11) is 0. The Hall–Kier alpha value is -3.05. The zero-order valence-corrected chi connectivity index (χ0v) is 15.7. The van der Waals surface area contributed by atoms with E-state index in [4.69, 9.17) is 0 Å². The van der Waals surface area contributed by atoms with Crippen LogP contribution in [0.3, 0.4) is 0 Å². The van der Waals surface area contributed by atoms with Crippen LogP contribution in [0.4, 0.5) is 10.1 Å². The highest BCUT2D eigenvalue weighted by molar-refractivity contribution is 9.10. The summed E-state index contributed by atoms with van der Waals surface area (Å²) in [5.74, 6) is -0.727. The standard InChI is InChI=1S/C22H15BrFNO2/c23-18-3-1-2-17(14-18)22(27)25-20-11-7-16(8-12-20)21(26)13-6-15-4-9-19(24)10-5-15/h1-14H,(H,25,27)/b13-6+. The predicted octanol–water partition coefficient (Wildman–Crippen LogP) is 5.74. The lowest BCUT2D eigenvalue weighted by Gasteiger charge is -2.06. The topological polar surface area (TPSA) is 46.2 Å². The number of ketones is 1. The number of halogens is 2. The van der Waals surface area contributed by atoms with Crippen LogP contribution in [0, 0.1) is 5.82 Å². The normalized spacial score (nSPS) is 10.7. The minimum Gasteiger partial charge on any atom is -0.322 e. The van der Waals surface area contributed by atoms with E-state index in [0.29, 0.717) is 16.8 Å². The molecule has 0 spiro atoms. The number of carbonyl (C=O) groups excluding carboxylic acids is 2. The minimum absolute atomic E-state index is 0.177. The van der Waals surface area contributed by atoms with E-state index in [1.165, 1.54) is 18.2 Å². The molecule has 134 valence electrons. The van der Waals surface area contributed by atoms with Crippen molar-refractivity contribution in [3.8, 4) is 0 Å². The molecule has 3 nitrogen and oxygen atoms in total. The third-order valence-corrected chi connectivity index (χ3v) is 4.30. The minimum atomic E-state index is -0.320. The highest BCUT2D eigenvalue weighted by Gasteiger charge is 2.07. The number of benzene rings is 3. The van der Waals surface area contributed by atoms with E-state index >= 15 is 0 Å². The van der Waals surface area contributed by atoms with Gasteiger partial charge in [0.05, 0.1) is 0 Å². The fraction of sp³-hybridized carbons (Fsp3) is 0. The molecule has 27 heavy (non-hydrogen) atoms. The van der Waals surface area contributed by atoms with Gasteiger partial charge in [-0.2, -0.15) is 0 Å². The Morgan fingerprint density at radius 1 is 0.889 bits per heavy atom. The van der Waals surface area contributed by atoms with Crippen molar-refractivity contribution in [2.24, 2.45) is 0 Å². The molecule has 0 fully saturated rings. The van der Waals surface area contributed by atoms with Gasteiger partial charge in [-0.1, -0.05) is 40.2 Å². The summed E-state index contributed by atoms with van der Waals surface area (Å²) in [4.78, 5) is 24.5. The van der Waals surface area contributed by atoms with Gasteiger partial charge in [-0.25, -0.2) is 4.39 Å². The molecule has 0 atom stereocenters. The van der Waals surface area contributed by atoms with Crippen molar-refractivity contribution >= 4 is 39.4 Å². The quantitative estimate of drug-likeness (QED) is 0.420. The van der Waals surface area contributed by atoms with Crippen LogP contribution in [-0.4, -0.2) is 11.7 Å². The van der Waals surface area contributed by atoms with E-state index in [9.17, 15) is 14.0 Å². The molecule has 0 aliphatic heterocycles. The Kier molecular flexibility index (Phi) is 5.94. The number of anilines is 1. The maximum atomic E-state index is 12.9. The maximum absolute atomic E-state index is 12.9. The lowest BCUT2D eigenvalue weighted by Crippen LogP contribution is -2.11. The molecule has 0 radical (unpaired) electrons. The number of carbonyl (C=O) groups is 2. The maximum Gasteiger partial charge on any atom is 0.255 e. The summed E-state index contributed by atoms with van der Waals surface area (Å²) < 4.78 is 13.7. The van der Waals surface area contributed by atoms with E-state index in [2.05, 4.69) is 21.2 Å². The Bertz CT molecular complexity index is 996. The van der Waals surface area contributed by atoms with Gasteiger partial charge in [-0.3, -0.25) is 9.59 Å². The molecule has 3 aromatic carbocycles. The molecule has 5 heteroatoms. The second kappa shape index (κ2) is 8.56. The van der Waals surface area contributed by atoms with Gasteiger partial charge >= 0.3 is 0 Å². The molecule has 0 bridgehead atoms. The monoisotopic (exact) mass is 423 g/mol. The first-order valence-corrected chi connectivity index (χ1v) is 8.95. The van der Waals surface area contributed by atoms with Crippen molar-refractivity contribution in [2.45, 2.75) is 0 Å². The summed E-state index contributed by atoms with van der Waals surface area (Å²) >= 11 is 3.33. The van der Waals surface area contributed by atoms with Gasteiger partial charge in [-0.15, -0.1) is 0 Å². The molecule has 0 aliphatic carbocycles. The second-order valence-corrected chi connectivity index (χ2v) is 6.71. The Morgan fingerprint density at radius 2 is 1.59 bits per heavy atom. The molecular weight excluding hydrogens is 409 g/mol. The lowest BCUT2D eigenvalue weighted by atomic mass is 10.1. The third-order valence-electron chi connectivity index (χ3n) is 3.81. The zero-order valence-electron chi connectivity index (χ0n) is 14.2. The summed E-state index contributed by atoms with van der Waals surface area (Å²) in [6.45, 7) is 0. The Labute approximate surface area is 164 Å². The molecule has 1 N–H and O–H groups in total. The average molecular weight is 424 g/mol. The van der Waals surface area contributed by atoms with E-state index in [1.54, 1.807) is 60.7 Å². The van der Waals surface area contributed by atoms with Gasteiger partial charge in [-0.05, 0) is 66.2 Å². The van der Waals surface area contributed by atoms with Crippen molar-refractivity contribution in [3.63, 3.8) is 0 Å². The molecule has 3 rings (SSSR count). The average Bonchev–Trinajstić information content (AvgIpc) is 2.68. The number of hydrogen-bond acceptors (Lipinski definition) is 2. The van der Waals surface area contributed by atoms with Crippen molar-refractivity contribution in [3.05, 3.63) is 106 Å². The van der Waals surface area contributed by atoms with Crippen molar-refractivity contribution < 1.29 is 14.0 Å². The lowest BCUT2D eigenvalue weighted by molar-refractivity contribution is 0.102. The molecule has 0 saturated heterocycles. The number of amides is 1. The molecule has 0 heterocycles. The first-order chi connectivity index (χ1) is 13.0. The third kappa shape index (κ3) is 5.21. The fourth-order valence-electron chi connectivity index (χ4n) is 2.39. The van der Waals surface area contributed by atoms with Gasteiger partial charge < -0.3 is 5.32 Å². The Morgan fingerprint density at radius 3 is 2.26 bits per heavy atom. The van der Waals surface area contributed by atoms with Crippen LogP contribution in [0.5, 0.6) is 0 Å². The summed E-state index contributed by atoms with van der Waals surface area (Å²) in [5, 5.41) is 2.79. The van der Waals surface area contributed by atoms with Gasteiger partial charge in [0, 0.05) is 21.3 Å². The second-order valence-electron chi connectivity index (χ2n) is 5.79. The van der Waals surface area contributed by atoms with Gasteiger partial charge in [0.1, 0.15) is 5.82 Å². The van der Waals surface area contributed by atoms with Crippen molar-refractivity contribution in [1.29, 1.82) is 0 Å². The number of allylic oxidation sites excluding steroid dienone is 1. The molecule has 0 unspecified atom stereocenters. The van der Waals surface area contributed by atoms with Crippen molar-refractivity contribution in [2.75, 3.05) is 5.32 Å². The molecule has 0 saturated carbocycles. The SMILES string of the molecule is O=C(/C=C/c1ccc(F)cc1)c1ccc(NC(=O)c2cccc(Br)c2)cc1. The molecule has 1 amide bonds. The summed E-state index contributed by atoms with van der Waals surface area (Å²) in [6.07, 6.45) is 3.06. The number of hydrogen-bond donors (Lipinski definition) is 1. The van der Waals surface area contributed by atoms with Crippen LogP contribution in [0.25, 0.3) is 6.08 Å². The summed E-state index contributed by atoms with van der Waals surface area (Å²) in [5.41, 5.74) is 2.36. The van der Waals surface area contributed by atoms with E-state index < -0.39 is 0 Å². The van der Waals surface area contributed by atoms with Gasteiger partial charge in [0.25, 0.3) is 5.91 Å². The van der Waals surface area contributed by atoms with E-state index in [-0.39, 0.29) is 17.5 Å². The highest BCUT2D eigenvalue weighted by Crippen LogP contribution is 2.15. The van der Waals surface area contributed by atoms with Crippen LogP contribution < -0.4 is 5.32 Å². The molecular formula is C22H15BrFNO2. The zero-order chi connectivity index (χ0) is 19.2. The fourth-order valence-corrected chi connectivity index (χ4v) is 2.79. The smallest absolute Gasteiger partial charge is 0.255 e.